The monoisotopic (exact) mass is 189 g/mol. The lowest BCUT2D eigenvalue weighted by Gasteiger charge is -2.10. The van der Waals surface area contributed by atoms with E-state index in [1.165, 1.54) is 0 Å². The van der Waals surface area contributed by atoms with Gasteiger partial charge in [0.1, 0.15) is 0 Å². The van der Waals surface area contributed by atoms with Gasteiger partial charge in [-0.1, -0.05) is 6.92 Å². The summed E-state index contributed by atoms with van der Waals surface area (Å²) in [5.74, 6) is 0.462. The molecule has 0 aliphatic carbocycles. The van der Waals surface area contributed by atoms with E-state index >= 15 is 0 Å². The molecule has 1 unspecified atom stereocenters. The van der Waals surface area contributed by atoms with Crippen LogP contribution in [0.5, 0.6) is 0 Å². The van der Waals surface area contributed by atoms with Crippen molar-refractivity contribution in [3.05, 3.63) is 0 Å². The zero-order chi connectivity index (χ0) is 8.91. The van der Waals surface area contributed by atoms with E-state index in [0.29, 0.717) is 12.4 Å². The maximum Gasteiger partial charge on any atom is 0.401 e. The summed E-state index contributed by atoms with van der Waals surface area (Å²) in [6, 6.07) is 0. The van der Waals surface area contributed by atoms with Gasteiger partial charge in [-0.3, -0.25) is 0 Å². The number of hydrogen-bond donors (Lipinski definition) is 1. The summed E-state index contributed by atoms with van der Waals surface area (Å²) in [7, 11) is 0. The van der Waals surface area contributed by atoms with Crippen LogP contribution in [0.15, 0.2) is 0 Å². The molecule has 0 aromatic heterocycles. The van der Waals surface area contributed by atoms with E-state index in [0.717, 1.165) is 0 Å². The van der Waals surface area contributed by atoms with E-state index in [-0.39, 0.29) is 5.92 Å². The Bertz CT molecular complexity index is 104. The fraction of sp³-hybridized carbons (Fsp3) is 1.00. The maximum absolute atomic E-state index is 11.5. The van der Waals surface area contributed by atoms with Crippen LogP contribution in [0.3, 0.4) is 0 Å². The predicted octanol–water partition coefficient (Wildman–Crippen LogP) is 2.01. The molecule has 0 saturated carbocycles. The Balaban J connectivity index is 3.28. The largest absolute Gasteiger partial charge is 0.401 e. The number of hydrogen-bond acceptors (Lipinski definition) is 1. The zero-order valence-electron chi connectivity index (χ0n) is 6.21. The van der Waals surface area contributed by atoms with Crippen molar-refractivity contribution in [1.82, 2.24) is 5.32 Å². The van der Waals surface area contributed by atoms with Gasteiger partial charge in [0.25, 0.3) is 0 Å². The van der Waals surface area contributed by atoms with Crippen molar-refractivity contribution >= 4 is 11.6 Å². The Kier molecular flexibility index (Phi) is 4.84. The molecule has 0 saturated heterocycles. The average molecular weight is 190 g/mol. The van der Waals surface area contributed by atoms with Gasteiger partial charge in [0.2, 0.25) is 0 Å². The van der Waals surface area contributed by atoms with Crippen molar-refractivity contribution in [2.45, 2.75) is 13.1 Å². The lowest BCUT2D eigenvalue weighted by molar-refractivity contribution is -0.124. The lowest BCUT2D eigenvalue weighted by Crippen LogP contribution is -2.32. The van der Waals surface area contributed by atoms with E-state index in [2.05, 4.69) is 5.32 Å². The lowest BCUT2D eigenvalue weighted by atomic mass is 10.2. The molecule has 11 heavy (non-hydrogen) atoms. The number of rotatable bonds is 4. The second kappa shape index (κ2) is 4.83. The summed E-state index contributed by atoms with van der Waals surface area (Å²) < 4.78 is 34.5. The molecule has 1 N–H and O–H groups in total. The van der Waals surface area contributed by atoms with Gasteiger partial charge in [-0.15, -0.1) is 11.6 Å². The van der Waals surface area contributed by atoms with Gasteiger partial charge >= 0.3 is 6.18 Å². The maximum atomic E-state index is 11.5. The van der Waals surface area contributed by atoms with Crippen LogP contribution in [0, 0.1) is 5.92 Å². The first-order chi connectivity index (χ1) is 4.95. The second-order valence-corrected chi connectivity index (χ2v) is 2.81. The summed E-state index contributed by atoms with van der Waals surface area (Å²) in [6.45, 7) is 1.16. The molecule has 0 aromatic rings. The molecule has 0 heterocycles. The molecular formula is C6H11ClF3N. The highest BCUT2D eigenvalue weighted by molar-refractivity contribution is 6.18. The van der Waals surface area contributed by atoms with Gasteiger partial charge in [0.05, 0.1) is 6.54 Å². The van der Waals surface area contributed by atoms with Crippen molar-refractivity contribution in [1.29, 1.82) is 0 Å². The smallest absolute Gasteiger partial charge is 0.308 e. The molecule has 1 nitrogen and oxygen atoms in total. The van der Waals surface area contributed by atoms with Gasteiger partial charge < -0.3 is 5.32 Å². The van der Waals surface area contributed by atoms with Crippen molar-refractivity contribution in [2.75, 3.05) is 19.0 Å². The van der Waals surface area contributed by atoms with Gasteiger partial charge in [0, 0.05) is 5.88 Å². The minimum absolute atomic E-state index is 0.0824. The molecule has 68 valence electrons. The van der Waals surface area contributed by atoms with Crippen LogP contribution < -0.4 is 5.32 Å². The zero-order valence-corrected chi connectivity index (χ0v) is 6.97. The van der Waals surface area contributed by atoms with Gasteiger partial charge in [-0.05, 0) is 12.5 Å². The van der Waals surface area contributed by atoms with E-state index in [1.807, 2.05) is 0 Å². The molecule has 0 fully saturated rings. The van der Waals surface area contributed by atoms with Crippen LogP contribution in [-0.4, -0.2) is 25.1 Å². The van der Waals surface area contributed by atoms with Crippen LogP contribution in [0.1, 0.15) is 6.92 Å². The molecule has 1 atom stereocenters. The molecule has 0 bridgehead atoms. The summed E-state index contributed by atoms with van der Waals surface area (Å²) in [5.41, 5.74) is 0. The average Bonchev–Trinajstić information content (AvgIpc) is 1.85. The third-order valence-electron chi connectivity index (χ3n) is 1.08. The Morgan fingerprint density at radius 3 is 2.36 bits per heavy atom. The first-order valence-corrected chi connectivity index (χ1v) is 3.82. The molecule has 0 rings (SSSR count). The van der Waals surface area contributed by atoms with Gasteiger partial charge in [-0.25, -0.2) is 0 Å². The quantitative estimate of drug-likeness (QED) is 0.668. The summed E-state index contributed by atoms with van der Waals surface area (Å²) in [6.07, 6.45) is -4.12. The molecular weight excluding hydrogens is 179 g/mol. The van der Waals surface area contributed by atoms with Gasteiger partial charge in [-0.2, -0.15) is 13.2 Å². The standard InChI is InChI=1S/C6H11ClF3N/c1-5(2-7)3-11-4-6(8,9)10/h5,11H,2-4H2,1H3. The molecule has 0 aromatic carbocycles. The van der Waals surface area contributed by atoms with E-state index in [9.17, 15) is 13.2 Å². The minimum atomic E-state index is -4.12. The fourth-order valence-electron chi connectivity index (χ4n) is 0.515. The molecule has 0 radical (unpaired) electrons. The third kappa shape index (κ3) is 7.94. The van der Waals surface area contributed by atoms with Crippen molar-refractivity contribution < 1.29 is 13.2 Å². The SMILES string of the molecule is CC(CCl)CNCC(F)(F)F. The second-order valence-electron chi connectivity index (χ2n) is 2.51. The molecule has 0 aliphatic heterocycles. The van der Waals surface area contributed by atoms with Crippen molar-refractivity contribution in [3.63, 3.8) is 0 Å². The minimum Gasteiger partial charge on any atom is -0.308 e. The Morgan fingerprint density at radius 2 is 2.00 bits per heavy atom. The van der Waals surface area contributed by atoms with Crippen molar-refractivity contribution in [3.8, 4) is 0 Å². The van der Waals surface area contributed by atoms with E-state index < -0.39 is 12.7 Å². The van der Waals surface area contributed by atoms with Crippen LogP contribution in [0.2, 0.25) is 0 Å². The topological polar surface area (TPSA) is 12.0 Å². The Hall–Kier alpha value is 0.0400. The van der Waals surface area contributed by atoms with Crippen LogP contribution in [-0.2, 0) is 0 Å². The number of halogens is 4. The van der Waals surface area contributed by atoms with Crippen LogP contribution >= 0.6 is 11.6 Å². The summed E-state index contributed by atoms with van der Waals surface area (Å²) in [4.78, 5) is 0. The molecule has 0 spiro atoms. The molecule has 5 heteroatoms. The number of nitrogens with one attached hydrogen (secondary N) is 1. The van der Waals surface area contributed by atoms with Crippen LogP contribution in [0.25, 0.3) is 0 Å². The van der Waals surface area contributed by atoms with Crippen LogP contribution in [0.4, 0.5) is 13.2 Å². The first kappa shape index (κ1) is 11.0. The Labute approximate surface area is 68.9 Å². The number of alkyl halides is 4. The normalized spacial score (nSPS) is 15.0. The molecule has 0 amide bonds. The highest BCUT2D eigenvalue weighted by Gasteiger charge is 2.26. The molecule has 0 aliphatic rings. The third-order valence-corrected chi connectivity index (χ3v) is 1.61. The van der Waals surface area contributed by atoms with E-state index in [1.54, 1.807) is 6.92 Å². The highest BCUT2D eigenvalue weighted by Crippen LogP contribution is 2.12. The summed E-state index contributed by atoms with van der Waals surface area (Å²) >= 11 is 5.38. The van der Waals surface area contributed by atoms with E-state index in [4.69, 9.17) is 11.6 Å². The fourth-order valence-corrected chi connectivity index (χ4v) is 0.624. The summed E-state index contributed by atoms with van der Waals surface area (Å²) in [5, 5.41) is 2.27. The van der Waals surface area contributed by atoms with Gasteiger partial charge in [0.15, 0.2) is 0 Å². The Morgan fingerprint density at radius 1 is 1.45 bits per heavy atom. The predicted molar refractivity (Wildman–Crippen MR) is 38.8 cm³/mol. The van der Waals surface area contributed by atoms with Crippen molar-refractivity contribution in [2.24, 2.45) is 5.92 Å². The highest BCUT2D eigenvalue weighted by atomic mass is 35.5. The first-order valence-electron chi connectivity index (χ1n) is 3.29.